The lowest BCUT2D eigenvalue weighted by atomic mass is 10.2. The van der Waals surface area contributed by atoms with Crippen LogP contribution in [-0.2, 0) is 11.3 Å². The number of piperazine rings is 1. The Kier molecular flexibility index (Phi) is 5.72. The molecular formula is C17H25FN6O. The van der Waals surface area contributed by atoms with E-state index in [0.717, 1.165) is 38.3 Å². The highest BCUT2D eigenvalue weighted by atomic mass is 19.1. The fraction of sp³-hybridized carbons (Fsp3) is 0.588. The van der Waals surface area contributed by atoms with Gasteiger partial charge in [0.05, 0.1) is 13.2 Å². The first-order valence-corrected chi connectivity index (χ1v) is 8.57. The molecule has 136 valence electrons. The molecular weight excluding hydrogens is 323 g/mol. The van der Waals surface area contributed by atoms with Crippen molar-refractivity contribution >= 4 is 0 Å². The van der Waals surface area contributed by atoms with E-state index in [1.165, 1.54) is 10.7 Å². The molecule has 2 aromatic rings. The van der Waals surface area contributed by atoms with Gasteiger partial charge in [-0.05, 0) is 42.0 Å². The van der Waals surface area contributed by atoms with E-state index in [1.807, 2.05) is 6.92 Å². The molecule has 1 fully saturated rings. The minimum Gasteiger partial charge on any atom is -0.383 e. The van der Waals surface area contributed by atoms with Crippen LogP contribution in [0.15, 0.2) is 18.2 Å². The van der Waals surface area contributed by atoms with Crippen molar-refractivity contribution in [2.45, 2.75) is 26.4 Å². The van der Waals surface area contributed by atoms with Gasteiger partial charge in [0.15, 0.2) is 5.82 Å². The first-order valence-electron chi connectivity index (χ1n) is 8.57. The zero-order valence-electron chi connectivity index (χ0n) is 15.0. The van der Waals surface area contributed by atoms with Crippen LogP contribution in [0.25, 0.3) is 5.69 Å². The molecule has 0 amide bonds. The highest BCUT2D eigenvalue weighted by Crippen LogP contribution is 2.17. The Labute approximate surface area is 147 Å². The third-order valence-corrected chi connectivity index (χ3v) is 4.66. The number of aryl methyl sites for hydroxylation is 1. The van der Waals surface area contributed by atoms with Crippen LogP contribution in [0.2, 0.25) is 0 Å². The fourth-order valence-corrected chi connectivity index (χ4v) is 3.23. The van der Waals surface area contributed by atoms with Gasteiger partial charge in [-0.15, -0.1) is 5.10 Å². The highest BCUT2D eigenvalue weighted by Gasteiger charge is 2.25. The Balaban J connectivity index is 1.69. The van der Waals surface area contributed by atoms with Crippen LogP contribution in [0.5, 0.6) is 0 Å². The lowest BCUT2D eigenvalue weighted by Crippen LogP contribution is -2.52. The molecule has 1 aliphatic heterocycles. The molecule has 0 spiro atoms. The van der Waals surface area contributed by atoms with Gasteiger partial charge in [0.25, 0.3) is 0 Å². The highest BCUT2D eigenvalue weighted by molar-refractivity contribution is 5.36. The van der Waals surface area contributed by atoms with Crippen molar-refractivity contribution in [2.75, 3.05) is 39.9 Å². The van der Waals surface area contributed by atoms with Crippen molar-refractivity contribution in [2.24, 2.45) is 0 Å². The van der Waals surface area contributed by atoms with E-state index >= 15 is 0 Å². The maximum absolute atomic E-state index is 14.2. The predicted octanol–water partition coefficient (Wildman–Crippen LogP) is 1.26. The maximum atomic E-state index is 14.2. The molecule has 0 saturated carbocycles. The third kappa shape index (κ3) is 4.20. The Morgan fingerprint density at radius 1 is 1.32 bits per heavy atom. The molecule has 0 unspecified atom stereocenters. The second-order valence-electron chi connectivity index (χ2n) is 6.57. The van der Waals surface area contributed by atoms with Crippen LogP contribution in [0, 0.1) is 12.7 Å². The Morgan fingerprint density at radius 3 is 2.92 bits per heavy atom. The summed E-state index contributed by atoms with van der Waals surface area (Å²) in [5.41, 5.74) is 1.37. The minimum atomic E-state index is -0.322. The Hall–Kier alpha value is -1.90. The number of methoxy groups -OCH3 is 1. The van der Waals surface area contributed by atoms with Crippen molar-refractivity contribution in [3.05, 3.63) is 35.4 Å². The average molecular weight is 348 g/mol. The average Bonchev–Trinajstić information content (AvgIpc) is 3.04. The topological polar surface area (TPSA) is 59.3 Å². The monoisotopic (exact) mass is 348 g/mol. The van der Waals surface area contributed by atoms with E-state index in [1.54, 1.807) is 19.2 Å². The molecule has 0 aliphatic carbocycles. The standard InChI is InChI=1S/C17H25FN6O/c1-13-4-5-15(18)16(10-13)24-17(19-20-21-24)12-22-6-7-23(8-9-25-3)14(2)11-22/h4-5,10,14H,6-9,11-12H2,1-3H3/t14-/m0/s1. The lowest BCUT2D eigenvalue weighted by molar-refractivity contribution is 0.0543. The summed E-state index contributed by atoms with van der Waals surface area (Å²) in [4.78, 5) is 4.73. The Morgan fingerprint density at radius 2 is 2.16 bits per heavy atom. The predicted molar refractivity (Wildman–Crippen MR) is 92.0 cm³/mol. The third-order valence-electron chi connectivity index (χ3n) is 4.66. The molecule has 1 aromatic heterocycles. The van der Waals surface area contributed by atoms with Crippen LogP contribution < -0.4 is 0 Å². The molecule has 0 bridgehead atoms. The smallest absolute Gasteiger partial charge is 0.170 e. The number of benzene rings is 1. The molecule has 25 heavy (non-hydrogen) atoms. The van der Waals surface area contributed by atoms with Gasteiger partial charge in [-0.2, -0.15) is 4.68 Å². The number of hydrogen-bond donors (Lipinski definition) is 0. The lowest BCUT2D eigenvalue weighted by Gasteiger charge is -2.39. The number of tetrazole rings is 1. The van der Waals surface area contributed by atoms with Gasteiger partial charge in [-0.25, -0.2) is 4.39 Å². The van der Waals surface area contributed by atoms with Crippen molar-refractivity contribution in [1.82, 2.24) is 30.0 Å². The van der Waals surface area contributed by atoms with Crippen LogP contribution in [0.3, 0.4) is 0 Å². The van der Waals surface area contributed by atoms with E-state index in [9.17, 15) is 4.39 Å². The fourth-order valence-electron chi connectivity index (χ4n) is 3.23. The van der Waals surface area contributed by atoms with Crippen molar-refractivity contribution in [3.63, 3.8) is 0 Å². The molecule has 1 aromatic carbocycles. The van der Waals surface area contributed by atoms with Crippen molar-refractivity contribution < 1.29 is 9.13 Å². The van der Waals surface area contributed by atoms with Crippen molar-refractivity contribution in [1.29, 1.82) is 0 Å². The van der Waals surface area contributed by atoms with Crippen LogP contribution >= 0.6 is 0 Å². The van der Waals surface area contributed by atoms with Gasteiger partial charge in [-0.1, -0.05) is 6.07 Å². The van der Waals surface area contributed by atoms with E-state index in [-0.39, 0.29) is 5.82 Å². The SMILES string of the molecule is COCCN1CCN(Cc2nnnn2-c2cc(C)ccc2F)C[C@@H]1C. The van der Waals surface area contributed by atoms with Gasteiger partial charge >= 0.3 is 0 Å². The van der Waals surface area contributed by atoms with Crippen molar-refractivity contribution in [3.8, 4) is 5.69 Å². The molecule has 7 nitrogen and oxygen atoms in total. The summed E-state index contributed by atoms with van der Waals surface area (Å²) < 4.78 is 20.8. The second-order valence-corrected chi connectivity index (χ2v) is 6.57. The molecule has 2 heterocycles. The molecule has 1 aliphatic rings. The summed E-state index contributed by atoms with van der Waals surface area (Å²) in [6.07, 6.45) is 0. The Bertz CT molecular complexity index is 706. The van der Waals surface area contributed by atoms with Crippen LogP contribution in [0.1, 0.15) is 18.3 Å². The molecule has 0 N–H and O–H groups in total. The molecule has 3 rings (SSSR count). The molecule has 1 atom stereocenters. The zero-order chi connectivity index (χ0) is 17.8. The summed E-state index contributed by atoms with van der Waals surface area (Å²) in [7, 11) is 1.73. The summed E-state index contributed by atoms with van der Waals surface area (Å²) in [5.74, 6) is 0.332. The van der Waals surface area contributed by atoms with E-state index in [0.29, 0.717) is 24.1 Å². The van der Waals surface area contributed by atoms with Gasteiger partial charge in [0, 0.05) is 39.3 Å². The first kappa shape index (κ1) is 17.9. The maximum Gasteiger partial charge on any atom is 0.170 e. The normalized spacial score (nSPS) is 19.4. The van der Waals surface area contributed by atoms with Crippen LogP contribution in [-0.4, -0.2) is 75.9 Å². The number of nitrogens with zero attached hydrogens (tertiary/aromatic N) is 6. The number of halogens is 1. The molecule has 0 radical (unpaired) electrons. The second kappa shape index (κ2) is 7.99. The van der Waals surface area contributed by atoms with E-state index < -0.39 is 0 Å². The van der Waals surface area contributed by atoms with E-state index in [2.05, 4.69) is 32.2 Å². The van der Waals surface area contributed by atoms with Gasteiger partial charge < -0.3 is 4.74 Å². The summed E-state index contributed by atoms with van der Waals surface area (Å²) in [6, 6.07) is 5.39. The number of rotatable bonds is 6. The number of ether oxygens (including phenoxy) is 1. The summed E-state index contributed by atoms with van der Waals surface area (Å²) in [6.45, 7) is 9.25. The molecule has 8 heteroatoms. The largest absolute Gasteiger partial charge is 0.383 e. The summed E-state index contributed by atoms with van der Waals surface area (Å²) >= 11 is 0. The quantitative estimate of drug-likeness (QED) is 0.783. The minimum absolute atomic E-state index is 0.322. The first-order chi connectivity index (χ1) is 12.1. The number of aromatic nitrogens is 4. The molecule has 1 saturated heterocycles. The van der Waals surface area contributed by atoms with Gasteiger partial charge in [-0.3, -0.25) is 9.80 Å². The number of hydrogen-bond acceptors (Lipinski definition) is 6. The van der Waals surface area contributed by atoms with E-state index in [4.69, 9.17) is 4.74 Å². The van der Waals surface area contributed by atoms with Gasteiger partial charge in [0.2, 0.25) is 0 Å². The zero-order valence-corrected chi connectivity index (χ0v) is 15.0. The van der Waals surface area contributed by atoms with Gasteiger partial charge in [0.1, 0.15) is 11.5 Å². The summed E-state index contributed by atoms with van der Waals surface area (Å²) in [5, 5.41) is 11.9. The van der Waals surface area contributed by atoms with Crippen LogP contribution in [0.4, 0.5) is 4.39 Å².